The molecule has 2 rings (SSSR count). The van der Waals surface area contributed by atoms with Crippen LogP contribution in [0.25, 0.3) is 6.08 Å². The maximum Gasteiger partial charge on any atom is 0.244 e. The van der Waals surface area contributed by atoms with Gasteiger partial charge in [0.2, 0.25) is 5.91 Å². The molecule has 1 amide bonds. The van der Waals surface area contributed by atoms with Crippen LogP contribution in [0.4, 0.5) is 0 Å². The summed E-state index contributed by atoms with van der Waals surface area (Å²) >= 11 is 3.40. The van der Waals surface area contributed by atoms with Crippen LogP contribution in [0.2, 0.25) is 0 Å². The molecule has 0 bridgehead atoms. The molecule has 4 nitrogen and oxygen atoms in total. The maximum atomic E-state index is 11.8. The summed E-state index contributed by atoms with van der Waals surface area (Å²) in [5.41, 5.74) is 0.836. The Balaban J connectivity index is 1.91. The van der Waals surface area contributed by atoms with Crippen molar-refractivity contribution in [1.82, 2.24) is 5.32 Å². The molecule has 1 aromatic rings. The zero-order chi connectivity index (χ0) is 15.2. The van der Waals surface area contributed by atoms with Crippen LogP contribution in [0.1, 0.15) is 24.8 Å². The van der Waals surface area contributed by atoms with Crippen LogP contribution in [0.15, 0.2) is 28.7 Å². The van der Waals surface area contributed by atoms with E-state index in [9.17, 15) is 9.90 Å². The van der Waals surface area contributed by atoms with Crippen LogP contribution >= 0.6 is 15.9 Å². The fourth-order valence-electron chi connectivity index (χ4n) is 2.55. The average molecular weight is 354 g/mol. The molecule has 1 saturated carbocycles. The van der Waals surface area contributed by atoms with Crippen molar-refractivity contribution in [1.29, 1.82) is 0 Å². The highest BCUT2D eigenvalue weighted by Crippen LogP contribution is 2.25. The topological polar surface area (TPSA) is 58.6 Å². The van der Waals surface area contributed by atoms with Gasteiger partial charge in [-0.1, -0.05) is 22.4 Å². The Labute approximate surface area is 133 Å². The molecular formula is C16H20BrNO3. The Morgan fingerprint density at radius 2 is 2.33 bits per heavy atom. The largest absolute Gasteiger partial charge is 0.496 e. The van der Waals surface area contributed by atoms with Crippen molar-refractivity contribution in [3.05, 3.63) is 34.3 Å². The summed E-state index contributed by atoms with van der Waals surface area (Å²) in [6, 6.07) is 5.62. The van der Waals surface area contributed by atoms with Crippen molar-refractivity contribution in [3.8, 4) is 5.75 Å². The standard InChI is InChI=1S/C16H20BrNO3/c1-21-15-7-6-13(17)9-11(15)5-8-16(20)18-10-12-3-2-4-14(12)19/h5-9,12,14,19H,2-4,10H2,1H3,(H,18,20). The second-order valence-corrected chi connectivity index (χ2v) is 6.14. The first-order chi connectivity index (χ1) is 10.1. The lowest BCUT2D eigenvalue weighted by molar-refractivity contribution is -0.116. The first-order valence-electron chi connectivity index (χ1n) is 7.07. The Hall–Kier alpha value is -1.33. The van der Waals surface area contributed by atoms with Gasteiger partial charge in [0, 0.05) is 28.6 Å². The first-order valence-corrected chi connectivity index (χ1v) is 7.87. The monoisotopic (exact) mass is 353 g/mol. The minimum atomic E-state index is -0.278. The second kappa shape index (κ2) is 7.61. The summed E-state index contributed by atoms with van der Waals surface area (Å²) in [6.07, 6.45) is 5.79. The molecule has 0 saturated heterocycles. The molecule has 0 radical (unpaired) electrons. The maximum absolute atomic E-state index is 11.8. The number of methoxy groups -OCH3 is 1. The predicted octanol–water partition coefficient (Wildman–Crippen LogP) is 2.75. The molecule has 2 atom stereocenters. The van der Waals surface area contributed by atoms with E-state index in [1.807, 2.05) is 18.2 Å². The van der Waals surface area contributed by atoms with E-state index in [2.05, 4.69) is 21.2 Å². The molecule has 5 heteroatoms. The zero-order valence-corrected chi connectivity index (χ0v) is 13.6. The summed E-state index contributed by atoms with van der Waals surface area (Å²) in [5, 5.41) is 12.6. The quantitative estimate of drug-likeness (QED) is 0.800. The molecule has 0 aliphatic heterocycles. The number of carbonyl (C=O) groups is 1. The molecule has 21 heavy (non-hydrogen) atoms. The molecular weight excluding hydrogens is 334 g/mol. The van der Waals surface area contributed by atoms with E-state index in [4.69, 9.17) is 4.74 Å². The minimum Gasteiger partial charge on any atom is -0.496 e. The highest BCUT2D eigenvalue weighted by atomic mass is 79.9. The predicted molar refractivity (Wildman–Crippen MR) is 86.1 cm³/mol. The van der Waals surface area contributed by atoms with Crippen LogP contribution in [-0.4, -0.2) is 30.8 Å². The van der Waals surface area contributed by atoms with Crippen molar-refractivity contribution < 1.29 is 14.6 Å². The lowest BCUT2D eigenvalue weighted by atomic mass is 10.1. The molecule has 0 aromatic heterocycles. The van der Waals surface area contributed by atoms with Gasteiger partial charge in [0.05, 0.1) is 13.2 Å². The van der Waals surface area contributed by atoms with Gasteiger partial charge >= 0.3 is 0 Å². The van der Waals surface area contributed by atoms with Gasteiger partial charge in [-0.15, -0.1) is 0 Å². The molecule has 114 valence electrons. The molecule has 0 spiro atoms. The number of ether oxygens (including phenoxy) is 1. The second-order valence-electron chi connectivity index (χ2n) is 5.22. The molecule has 0 heterocycles. The number of carbonyl (C=O) groups excluding carboxylic acids is 1. The molecule has 2 N–H and O–H groups in total. The smallest absolute Gasteiger partial charge is 0.244 e. The van der Waals surface area contributed by atoms with Gasteiger partial charge in [-0.2, -0.15) is 0 Å². The van der Waals surface area contributed by atoms with E-state index < -0.39 is 0 Å². The van der Waals surface area contributed by atoms with E-state index >= 15 is 0 Å². The van der Waals surface area contributed by atoms with E-state index in [0.717, 1.165) is 29.3 Å². The number of nitrogens with one attached hydrogen (secondary N) is 1. The van der Waals surface area contributed by atoms with Crippen molar-refractivity contribution in [3.63, 3.8) is 0 Å². The van der Waals surface area contributed by atoms with Gasteiger partial charge in [-0.3, -0.25) is 4.79 Å². The van der Waals surface area contributed by atoms with Crippen LogP contribution in [0, 0.1) is 5.92 Å². The van der Waals surface area contributed by atoms with Crippen LogP contribution in [0.3, 0.4) is 0 Å². The van der Waals surface area contributed by atoms with Gasteiger partial charge < -0.3 is 15.2 Å². The summed E-state index contributed by atoms with van der Waals surface area (Å²) < 4.78 is 6.18. The van der Waals surface area contributed by atoms with Crippen molar-refractivity contribution in [2.24, 2.45) is 5.92 Å². The molecule has 1 fully saturated rings. The minimum absolute atomic E-state index is 0.156. The molecule has 1 aliphatic rings. The fourth-order valence-corrected chi connectivity index (χ4v) is 2.93. The third-order valence-electron chi connectivity index (χ3n) is 3.76. The van der Waals surface area contributed by atoms with E-state index in [1.54, 1.807) is 13.2 Å². The van der Waals surface area contributed by atoms with Crippen LogP contribution in [-0.2, 0) is 4.79 Å². The Kier molecular flexibility index (Phi) is 5.82. The first kappa shape index (κ1) is 16.0. The van der Waals surface area contributed by atoms with E-state index in [-0.39, 0.29) is 17.9 Å². The molecule has 1 aliphatic carbocycles. The number of benzene rings is 1. The summed E-state index contributed by atoms with van der Waals surface area (Å²) in [4.78, 5) is 11.8. The number of amides is 1. The van der Waals surface area contributed by atoms with Crippen LogP contribution < -0.4 is 10.1 Å². The normalized spacial score (nSPS) is 21.7. The van der Waals surface area contributed by atoms with Gasteiger partial charge in [-0.05, 0) is 37.1 Å². The Morgan fingerprint density at radius 3 is 3.00 bits per heavy atom. The van der Waals surface area contributed by atoms with Gasteiger partial charge in [0.1, 0.15) is 5.75 Å². The Morgan fingerprint density at radius 1 is 1.52 bits per heavy atom. The summed E-state index contributed by atoms with van der Waals surface area (Å²) in [7, 11) is 1.60. The number of halogens is 1. The fraction of sp³-hybridized carbons (Fsp3) is 0.438. The molecule has 2 unspecified atom stereocenters. The summed E-state index contributed by atoms with van der Waals surface area (Å²) in [5.74, 6) is 0.743. The van der Waals surface area contributed by atoms with Crippen molar-refractivity contribution >= 4 is 27.9 Å². The highest BCUT2D eigenvalue weighted by Gasteiger charge is 2.24. The number of hydrogen-bond acceptors (Lipinski definition) is 3. The van der Waals surface area contributed by atoms with Crippen LogP contribution in [0.5, 0.6) is 5.75 Å². The number of aliphatic hydroxyl groups excluding tert-OH is 1. The SMILES string of the molecule is COc1ccc(Br)cc1C=CC(=O)NCC1CCCC1O. The number of hydrogen-bond donors (Lipinski definition) is 2. The lowest BCUT2D eigenvalue weighted by Crippen LogP contribution is -2.31. The third-order valence-corrected chi connectivity index (χ3v) is 4.26. The number of aliphatic hydroxyl groups is 1. The van der Waals surface area contributed by atoms with Gasteiger partial charge in [0.15, 0.2) is 0 Å². The zero-order valence-electron chi connectivity index (χ0n) is 12.0. The number of rotatable bonds is 5. The lowest BCUT2D eigenvalue weighted by Gasteiger charge is -2.14. The highest BCUT2D eigenvalue weighted by molar-refractivity contribution is 9.10. The van der Waals surface area contributed by atoms with Gasteiger partial charge in [-0.25, -0.2) is 0 Å². The summed E-state index contributed by atoms with van der Waals surface area (Å²) in [6.45, 7) is 0.528. The molecule has 1 aromatic carbocycles. The van der Waals surface area contributed by atoms with Crippen molar-refractivity contribution in [2.45, 2.75) is 25.4 Å². The van der Waals surface area contributed by atoms with E-state index in [1.165, 1.54) is 6.08 Å². The van der Waals surface area contributed by atoms with Crippen molar-refractivity contribution in [2.75, 3.05) is 13.7 Å². The third kappa shape index (κ3) is 4.58. The average Bonchev–Trinajstić information content (AvgIpc) is 2.88. The van der Waals surface area contributed by atoms with E-state index in [0.29, 0.717) is 12.3 Å². The Bertz CT molecular complexity index is 530. The van der Waals surface area contributed by atoms with Gasteiger partial charge in [0.25, 0.3) is 0 Å².